The van der Waals surface area contributed by atoms with E-state index in [9.17, 15) is 13.6 Å². The van der Waals surface area contributed by atoms with Crippen LogP contribution in [0.2, 0.25) is 0 Å². The van der Waals surface area contributed by atoms with Crippen LogP contribution in [0.1, 0.15) is 52.1 Å². The number of hydrogen-bond donors (Lipinski definition) is 2. The van der Waals surface area contributed by atoms with Crippen molar-refractivity contribution >= 4 is 18.3 Å². The van der Waals surface area contributed by atoms with Crippen molar-refractivity contribution in [1.82, 2.24) is 10.6 Å². The van der Waals surface area contributed by atoms with Gasteiger partial charge in [0.25, 0.3) is 0 Å². The lowest BCUT2D eigenvalue weighted by atomic mass is 9.81. The number of hydrogen-bond acceptors (Lipinski definition) is 2. The van der Waals surface area contributed by atoms with E-state index in [1.54, 1.807) is 0 Å². The summed E-state index contributed by atoms with van der Waals surface area (Å²) in [6.07, 6.45) is 1.55. The van der Waals surface area contributed by atoms with Gasteiger partial charge in [0.05, 0.1) is 6.04 Å². The van der Waals surface area contributed by atoms with Crippen molar-refractivity contribution < 1.29 is 13.6 Å². The molecule has 1 aliphatic heterocycles. The first kappa shape index (κ1) is 20.8. The van der Waals surface area contributed by atoms with Crippen molar-refractivity contribution in [2.24, 2.45) is 11.3 Å². The van der Waals surface area contributed by atoms with Gasteiger partial charge in [-0.2, -0.15) is 0 Å². The van der Waals surface area contributed by atoms with Gasteiger partial charge in [0.2, 0.25) is 5.91 Å². The van der Waals surface area contributed by atoms with Gasteiger partial charge in [-0.1, -0.05) is 26.8 Å². The van der Waals surface area contributed by atoms with Gasteiger partial charge in [-0.05, 0) is 37.8 Å². The van der Waals surface area contributed by atoms with E-state index in [1.165, 1.54) is 12.1 Å². The second-order valence-corrected chi connectivity index (χ2v) is 7.55. The second-order valence-electron chi connectivity index (χ2n) is 7.55. The van der Waals surface area contributed by atoms with Crippen molar-refractivity contribution in [3.63, 3.8) is 0 Å². The molecule has 0 spiro atoms. The Morgan fingerprint density at radius 2 is 2.00 bits per heavy atom. The van der Waals surface area contributed by atoms with Crippen LogP contribution in [-0.2, 0) is 4.79 Å². The molecule has 0 radical (unpaired) electrons. The normalized spacial score (nSPS) is 22.4. The molecule has 0 aliphatic carbocycles. The molecule has 1 heterocycles. The first-order valence-electron chi connectivity index (χ1n) is 8.17. The minimum absolute atomic E-state index is 0. The molecular weight excluding hydrogens is 334 g/mol. The smallest absolute Gasteiger partial charge is 0.223 e. The molecule has 1 saturated heterocycles. The van der Waals surface area contributed by atoms with E-state index in [-0.39, 0.29) is 29.6 Å². The summed E-state index contributed by atoms with van der Waals surface area (Å²) >= 11 is 0. The Labute approximate surface area is 149 Å². The van der Waals surface area contributed by atoms with Crippen LogP contribution in [0.25, 0.3) is 0 Å². The van der Waals surface area contributed by atoms with Gasteiger partial charge in [0, 0.05) is 23.6 Å². The molecule has 1 fully saturated rings. The molecule has 1 amide bonds. The average molecular weight is 361 g/mol. The minimum Gasteiger partial charge on any atom is -0.348 e. The van der Waals surface area contributed by atoms with Crippen molar-refractivity contribution in [3.8, 4) is 0 Å². The molecule has 6 heteroatoms. The molecule has 0 saturated carbocycles. The molecule has 2 rings (SSSR count). The Bertz CT molecular complexity index is 575. The molecule has 3 nitrogen and oxygen atoms in total. The second kappa shape index (κ2) is 8.26. The van der Waals surface area contributed by atoms with Gasteiger partial charge < -0.3 is 10.6 Å². The molecule has 1 aliphatic rings. The quantitative estimate of drug-likeness (QED) is 0.856. The standard InChI is InChI=1S/C18H26F2N2O.ClH/c1-11-9-12(7-8-21-11)17(23)22-16(18(2,3)4)14-6-5-13(19)10-15(14)20;/h5-6,10-12,16,21H,7-9H2,1-4H3,(H,22,23);1H/t11-,12-,16?;/m0./s1. The zero-order valence-electron chi connectivity index (χ0n) is 14.7. The predicted molar refractivity (Wildman–Crippen MR) is 94.1 cm³/mol. The predicted octanol–water partition coefficient (Wildman–Crippen LogP) is 3.98. The number of halogens is 3. The van der Waals surface area contributed by atoms with Gasteiger partial charge >= 0.3 is 0 Å². The van der Waals surface area contributed by atoms with Crippen LogP contribution in [0.5, 0.6) is 0 Å². The highest BCUT2D eigenvalue weighted by molar-refractivity contribution is 5.85. The number of rotatable bonds is 3. The lowest BCUT2D eigenvalue weighted by Crippen LogP contribution is -2.45. The van der Waals surface area contributed by atoms with Crippen LogP contribution in [0, 0.1) is 23.0 Å². The van der Waals surface area contributed by atoms with Gasteiger partial charge in [-0.25, -0.2) is 8.78 Å². The fraction of sp³-hybridized carbons (Fsp3) is 0.611. The van der Waals surface area contributed by atoms with Crippen LogP contribution in [0.15, 0.2) is 18.2 Å². The van der Waals surface area contributed by atoms with Crippen molar-refractivity contribution in [3.05, 3.63) is 35.4 Å². The largest absolute Gasteiger partial charge is 0.348 e. The highest BCUT2D eigenvalue weighted by Gasteiger charge is 2.33. The highest BCUT2D eigenvalue weighted by Crippen LogP contribution is 2.35. The average Bonchev–Trinajstić information content (AvgIpc) is 2.44. The van der Waals surface area contributed by atoms with Crippen LogP contribution >= 0.6 is 12.4 Å². The van der Waals surface area contributed by atoms with E-state index in [2.05, 4.69) is 17.6 Å². The van der Waals surface area contributed by atoms with Crippen molar-refractivity contribution in [2.45, 2.75) is 52.6 Å². The summed E-state index contributed by atoms with van der Waals surface area (Å²) in [6.45, 7) is 8.67. The lowest BCUT2D eigenvalue weighted by molar-refractivity contribution is -0.127. The van der Waals surface area contributed by atoms with Gasteiger partial charge in [0.1, 0.15) is 11.6 Å². The van der Waals surface area contributed by atoms with E-state index in [0.717, 1.165) is 25.5 Å². The number of nitrogens with one attached hydrogen (secondary N) is 2. The first-order chi connectivity index (χ1) is 10.7. The fourth-order valence-electron chi connectivity index (χ4n) is 3.13. The summed E-state index contributed by atoms with van der Waals surface area (Å²) in [5.41, 5.74) is -0.0541. The maximum atomic E-state index is 14.2. The van der Waals surface area contributed by atoms with Crippen LogP contribution < -0.4 is 10.6 Å². The van der Waals surface area contributed by atoms with E-state index in [0.29, 0.717) is 11.6 Å². The molecule has 24 heavy (non-hydrogen) atoms. The Balaban J connectivity index is 0.00000288. The van der Waals surface area contributed by atoms with E-state index in [1.807, 2.05) is 20.8 Å². The number of carbonyl (C=O) groups excluding carboxylic acids is 1. The number of carbonyl (C=O) groups is 1. The maximum absolute atomic E-state index is 14.2. The molecule has 1 aromatic rings. The number of piperidine rings is 1. The van der Waals surface area contributed by atoms with Crippen LogP contribution in [0.3, 0.4) is 0 Å². The first-order valence-corrected chi connectivity index (χ1v) is 8.17. The SMILES string of the molecule is C[C@H]1C[C@@H](C(=O)NC(c2ccc(F)cc2F)C(C)(C)C)CCN1.Cl. The van der Waals surface area contributed by atoms with E-state index >= 15 is 0 Å². The monoisotopic (exact) mass is 360 g/mol. The van der Waals surface area contributed by atoms with Gasteiger partial charge in [-0.15, -0.1) is 12.4 Å². The molecule has 0 bridgehead atoms. The van der Waals surface area contributed by atoms with E-state index < -0.39 is 17.7 Å². The summed E-state index contributed by atoms with van der Waals surface area (Å²) in [7, 11) is 0. The Hall–Kier alpha value is -1.20. The van der Waals surface area contributed by atoms with E-state index in [4.69, 9.17) is 0 Å². The Morgan fingerprint density at radius 3 is 2.54 bits per heavy atom. The Morgan fingerprint density at radius 1 is 1.33 bits per heavy atom. The maximum Gasteiger partial charge on any atom is 0.223 e. The zero-order valence-corrected chi connectivity index (χ0v) is 15.5. The van der Waals surface area contributed by atoms with Gasteiger partial charge in [0.15, 0.2) is 0 Å². The molecule has 136 valence electrons. The molecule has 1 aromatic carbocycles. The fourth-order valence-corrected chi connectivity index (χ4v) is 3.13. The summed E-state index contributed by atoms with van der Waals surface area (Å²) < 4.78 is 27.4. The molecular formula is C18H27ClF2N2O. The lowest BCUT2D eigenvalue weighted by Gasteiger charge is -2.35. The molecule has 3 atom stereocenters. The minimum atomic E-state index is -0.621. The summed E-state index contributed by atoms with van der Waals surface area (Å²) in [6, 6.07) is 3.32. The molecule has 2 N–H and O–H groups in total. The van der Waals surface area contributed by atoms with Crippen LogP contribution in [0.4, 0.5) is 8.78 Å². The van der Waals surface area contributed by atoms with Gasteiger partial charge in [-0.3, -0.25) is 4.79 Å². The number of benzene rings is 1. The third-order valence-electron chi connectivity index (χ3n) is 4.42. The number of amides is 1. The summed E-state index contributed by atoms with van der Waals surface area (Å²) in [5.74, 6) is -1.36. The third-order valence-corrected chi connectivity index (χ3v) is 4.42. The summed E-state index contributed by atoms with van der Waals surface area (Å²) in [5, 5.41) is 6.31. The van der Waals surface area contributed by atoms with Crippen molar-refractivity contribution in [2.75, 3.05) is 6.54 Å². The zero-order chi connectivity index (χ0) is 17.2. The van der Waals surface area contributed by atoms with Crippen LogP contribution in [-0.4, -0.2) is 18.5 Å². The summed E-state index contributed by atoms with van der Waals surface area (Å²) in [4.78, 5) is 12.6. The highest BCUT2D eigenvalue weighted by atomic mass is 35.5. The third kappa shape index (κ3) is 5.15. The molecule has 1 unspecified atom stereocenters. The molecule has 0 aromatic heterocycles. The topological polar surface area (TPSA) is 41.1 Å². The Kier molecular flexibility index (Phi) is 7.17. The van der Waals surface area contributed by atoms with Crippen molar-refractivity contribution in [1.29, 1.82) is 0 Å².